The van der Waals surface area contributed by atoms with Crippen LogP contribution in [0.1, 0.15) is 0 Å². The van der Waals surface area contributed by atoms with Crippen LogP contribution in [0.15, 0.2) is 53.2 Å². The van der Waals surface area contributed by atoms with E-state index in [1.807, 2.05) is 36.4 Å². The molecule has 0 aliphatic carbocycles. The van der Waals surface area contributed by atoms with Crippen LogP contribution in [0.4, 0.5) is 0 Å². The van der Waals surface area contributed by atoms with E-state index in [4.69, 9.17) is 16.0 Å². The summed E-state index contributed by atoms with van der Waals surface area (Å²) in [5.41, 5.74) is 1.68. The zero-order valence-corrected chi connectivity index (χ0v) is 10.1. The maximum absolute atomic E-state index is 6.49. The Morgan fingerprint density at radius 1 is 1.00 bits per heavy atom. The standard InChI is InChI=1S/C15H8ClNO/c16-15-11-8-17-6-5-9(11)7-13-14(15)10-3-1-2-4-12(10)18-13/h1-8H. The van der Waals surface area contributed by atoms with Crippen LogP contribution in [-0.4, -0.2) is 4.98 Å². The zero-order chi connectivity index (χ0) is 12.1. The highest BCUT2D eigenvalue weighted by atomic mass is 35.5. The van der Waals surface area contributed by atoms with Gasteiger partial charge in [-0.25, -0.2) is 0 Å². The fraction of sp³-hybridized carbons (Fsp3) is 0. The summed E-state index contributed by atoms with van der Waals surface area (Å²) in [7, 11) is 0. The number of fused-ring (bicyclic) bond motifs is 4. The van der Waals surface area contributed by atoms with Crippen LogP contribution in [0.2, 0.25) is 5.02 Å². The SMILES string of the molecule is Clc1c2cnccc2cc2oc3ccccc3c12. The minimum atomic E-state index is 0.709. The Kier molecular flexibility index (Phi) is 1.91. The monoisotopic (exact) mass is 253 g/mol. The van der Waals surface area contributed by atoms with E-state index < -0.39 is 0 Å². The summed E-state index contributed by atoms with van der Waals surface area (Å²) in [5.74, 6) is 0. The van der Waals surface area contributed by atoms with Crippen LogP contribution >= 0.6 is 11.6 Å². The number of nitrogens with zero attached hydrogens (tertiary/aromatic N) is 1. The van der Waals surface area contributed by atoms with Gasteiger partial charge in [0.2, 0.25) is 0 Å². The second-order valence-corrected chi connectivity index (χ2v) is 4.64. The van der Waals surface area contributed by atoms with Gasteiger partial charge in [-0.15, -0.1) is 0 Å². The molecular formula is C15H8ClNO. The van der Waals surface area contributed by atoms with E-state index >= 15 is 0 Å². The summed E-state index contributed by atoms with van der Waals surface area (Å²) in [5, 5.41) is 4.72. The number of benzene rings is 2. The molecule has 0 amide bonds. The van der Waals surface area contributed by atoms with E-state index in [9.17, 15) is 0 Å². The molecule has 0 saturated heterocycles. The van der Waals surface area contributed by atoms with Gasteiger partial charge >= 0.3 is 0 Å². The van der Waals surface area contributed by atoms with Crippen molar-refractivity contribution >= 4 is 44.3 Å². The molecule has 0 aliphatic rings. The van der Waals surface area contributed by atoms with Crippen molar-refractivity contribution < 1.29 is 4.42 Å². The fourth-order valence-electron chi connectivity index (χ4n) is 2.38. The van der Waals surface area contributed by atoms with Gasteiger partial charge in [-0.05, 0) is 23.6 Å². The lowest BCUT2D eigenvalue weighted by Gasteiger charge is -2.00. The average Bonchev–Trinajstić information content (AvgIpc) is 2.77. The van der Waals surface area contributed by atoms with Gasteiger partial charge in [0.05, 0.1) is 5.02 Å². The molecule has 4 aromatic rings. The Bertz CT molecular complexity index is 895. The average molecular weight is 254 g/mol. The molecule has 18 heavy (non-hydrogen) atoms. The molecule has 0 fully saturated rings. The second-order valence-electron chi connectivity index (χ2n) is 4.26. The molecule has 0 aliphatic heterocycles. The molecule has 2 nitrogen and oxygen atoms in total. The van der Waals surface area contributed by atoms with Gasteiger partial charge in [-0.3, -0.25) is 4.98 Å². The van der Waals surface area contributed by atoms with Gasteiger partial charge in [0.25, 0.3) is 0 Å². The molecular weight excluding hydrogens is 246 g/mol. The van der Waals surface area contributed by atoms with Crippen molar-refractivity contribution in [3.63, 3.8) is 0 Å². The third-order valence-corrected chi connectivity index (χ3v) is 3.61. The van der Waals surface area contributed by atoms with Crippen molar-refractivity contribution in [1.82, 2.24) is 4.98 Å². The highest BCUT2D eigenvalue weighted by Crippen LogP contribution is 2.38. The van der Waals surface area contributed by atoms with Crippen LogP contribution in [0.3, 0.4) is 0 Å². The highest BCUT2D eigenvalue weighted by molar-refractivity contribution is 6.42. The van der Waals surface area contributed by atoms with Crippen molar-refractivity contribution in [3.8, 4) is 0 Å². The number of furan rings is 1. The Morgan fingerprint density at radius 2 is 1.89 bits per heavy atom. The summed E-state index contributed by atoms with van der Waals surface area (Å²) >= 11 is 6.49. The molecule has 0 saturated carbocycles. The summed E-state index contributed by atoms with van der Waals surface area (Å²) < 4.78 is 5.84. The number of aromatic nitrogens is 1. The van der Waals surface area contributed by atoms with Crippen LogP contribution in [0, 0.1) is 0 Å². The lowest BCUT2D eigenvalue weighted by molar-refractivity contribution is 0.669. The van der Waals surface area contributed by atoms with E-state index in [1.54, 1.807) is 12.4 Å². The third-order valence-electron chi connectivity index (χ3n) is 3.22. The predicted octanol–water partition coefficient (Wildman–Crippen LogP) is 4.79. The molecule has 0 radical (unpaired) electrons. The first kappa shape index (κ1) is 9.92. The van der Waals surface area contributed by atoms with Crippen LogP contribution in [-0.2, 0) is 0 Å². The van der Waals surface area contributed by atoms with Crippen molar-refractivity contribution in [2.75, 3.05) is 0 Å². The van der Waals surface area contributed by atoms with Gasteiger partial charge < -0.3 is 4.42 Å². The van der Waals surface area contributed by atoms with Crippen molar-refractivity contribution in [3.05, 3.63) is 53.8 Å². The first-order valence-electron chi connectivity index (χ1n) is 5.68. The fourth-order valence-corrected chi connectivity index (χ4v) is 2.74. The summed E-state index contributed by atoms with van der Waals surface area (Å²) in [6, 6.07) is 11.9. The largest absolute Gasteiger partial charge is 0.456 e. The molecule has 2 aromatic heterocycles. The van der Waals surface area contributed by atoms with Crippen molar-refractivity contribution in [2.24, 2.45) is 0 Å². The molecule has 4 rings (SSSR count). The lowest BCUT2D eigenvalue weighted by Crippen LogP contribution is -1.78. The van der Waals surface area contributed by atoms with E-state index in [-0.39, 0.29) is 0 Å². The smallest absolute Gasteiger partial charge is 0.137 e. The quantitative estimate of drug-likeness (QED) is 0.450. The number of rotatable bonds is 0. The van der Waals surface area contributed by atoms with Gasteiger partial charge in [-0.1, -0.05) is 29.8 Å². The molecule has 0 atom stereocenters. The molecule has 2 heterocycles. The van der Waals surface area contributed by atoms with Gasteiger partial charge in [0.1, 0.15) is 11.2 Å². The molecule has 86 valence electrons. The molecule has 0 bridgehead atoms. The molecule has 0 unspecified atom stereocenters. The van der Waals surface area contributed by atoms with Crippen LogP contribution in [0.5, 0.6) is 0 Å². The summed E-state index contributed by atoms with van der Waals surface area (Å²) in [6.45, 7) is 0. The van der Waals surface area contributed by atoms with E-state index in [1.165, 1.54) is 0 Å². The number of pyridine rings is 1. The molecule has 3 heteroatoms. The Balaban J connectivity index is 2.34. The van der Waals surface area contributed by atoms with Crippen LogP contribution < -0.4 is 0 Å². The Labute approximate surface area is 108 Å². The first-order valence-corrected chi connectivity index (χ1v) is 6.06. The summed E-state index contributed by atoms with van der Waals surface area (Å²) in [4.78, 5) is 4.13. The maximum Gasteiger partial charge on any atom is 0.137 e. The predicted molar refractivity (Wildman–Crippen MR) is 74.0 cm³/mol. The number of hydrogen-bond donors (Lipinski definition) is 0. The third kappa shape index (κ3) is 1.21. The molecule has 0 N–H and O–H groups in total. The van der Waals surface area contributed by atoms with Gasteiger partial charge in [0, 0.05) is 28.6 Å². The Hall–Kier alpha value is -2.06. The van der Waals surface area contributed by atoms with E-state index in [0.717, 1.165) is 32.7 Å². The maximum atomic E-state index is 6.49. The minimum Gasteiger partial charge on any atom is -0.456 e. The second kappa shape index (κ2) is 3.47. The topological polar surface area (TPSA) is 26.0 Å². The number of halogens is 1. The number of para-hydroxylation sites is 1. The van der Waals surface area contributed by atoms with Gasteiger partial charge in [-0.2, -0.15) is 0 Å². The summed E-state index contributed by atoms with van der Waals surface area (Å²) in [6.07, 6.45) is 3.55. The first-order chi connectivity index (χ1) is 8.84. The van der Waals surface area contributed by atoms with Gasteiger partial charge in [0.15, 0.2) is 0 Å². The number of hydrogen-bond acceptors (Lipinski definition) is 2. The van der Waals surface area contributed by atoms with E-state index in [0.29, 0.717) is 5.02 Å². The highest BCUT2D eigenvalue weighted by Gasteiger charge is 2.12. The van der Waals surface area contributed by atoms with E-state index in [2.05, 4.69) is 4.98 Å². The van der Waals surface area contributed by atoms with Crippen molar-refractivity contribution in [1.29, 1.82) is 0 Å². The van der Waals surface area contributed by atoms with Crippen LogP contribution in [0.25, 0.3) is 32.7 Å². The lowest BCUT2D eigenvalue weighted by atomic mass is 10.1. The Morgan fingerprint density at radius 3 is 2.83 bits per heavy atom. The molecule has 2 aromatic carbocycles. The normalized spacial score (nSPS) is 11.6. The molecule has 0 spiro atoms. The zero-order valence-electron chi connectivity index (χ0n) is 9.35. The minimum absolute atomic E-state index is 0.709. The van der Waals surface area contributed by atoms with Crippen molar-refractivity contribution in [2.45, 2.75) is 0 Å².